The topological polar surface area (TPSA) is 127 Å². The monoisotopic (exact) mass is 538 g/mol. The van der Waals surface area contributed by atoms with Gasteiger partial charge in [-0.1, -0.05) is 60.1 Å². The van der Waals surface area contributed by atoms with Gasteiger partial charge in [-0.3, -0.25) is 10.1 Å². The van der Waals surface area contributed by atoms with E-state index in [0.717, 1.165) is 5.56 Å². The van der Waals surface area contributed by atoms with Gasteiger partial charge in [0.2, 0.25) is 0 Å². The molecule has 196 valence electrons. The molecule has 2 aromatic heterocycles. The Bertz CT molecular complexity index is 1400. The van der Waals surface area contributed by atoms with Gasteiger partial charge in [-0.15, -0.1) is 0 Å². The van der Waals surface area contributed by atoms with Crippen molar-refractivity contribution in [3.05, 3.63) is 95.0 Å². The summed E-state index contributed by atoms with van der Waals surface area (Å²) in [5, 5.41) is 18.6. The van der Waals surface area contributed by atoms with E-state index in [1.807, 2.05) is 30.3 Å². The first-order valence-electron chi connectivity index (χ1n) is 11.7. The van der Waals surface area contributed by atoms with Gasteiger partial charge in [0, 0.05) is 28.9 Å². The lowest BCUT2D eigenvalue weighted by Gasteiger charge is -2.15. The SMILES string of the molecule is CC(OC(=O)Nc1c(F)noc1-c1ccc(NCC(Cc2ccccc2)C(=O)O)nc1)c1ccccc1Cl. The van der Waals surface area contributed by atoms with Crippen molar-refractivity contribution in [2.45, 2.75) is 19.4 Å². The maximum absolute atomic E-state index is 14.3. The number of pyridine rings is 1. The van der Waals surface area contributed by atoms with Crippen LogP contribution >= 0.6 is 11.6 Å². The molecule has 11 heteroatoms. The molecule has 2 atom stereocenters. The van der Waals surface area contributed by atoms with E-state index in [9.17, 15) is 19.1 Å². The second-order valence-corrected chi connectivity index (χ2v) is 8.82. The van der Waals surface area contributed by atoms with E-state index in [0.29, 0.717) is 28.4 Å². The van der Waals surface area contributed by atoms with Crippen LogP contribution in [0.5, 0.6) is 0 Å². The van der Waals surface area contributed by atoms with E-state index in [2.05, 4.69) is 20.8 Å². The molecule has 3 N–H and O–H groups in total. The Morgan fingerprint density at radius 1 is 1.11 bits per heavy atom. The van der Waals surface area contributed by atoms with Crippen molar-refractivity contribution in [1.29, 1.82) is 0 Å². The van der Waals surface area contributed by atoms with E-state index in [-0.39, 0.29) is 18.0 Å². The Morgan fingerprint density at radius 2 is 1.84 bits per heavy atom. The van der Waals surface area contributed by atoms with Crippen LogP contribution in [-0.2, 0) is 16.0 Å². The summed E-state index contributed by atoms with van der Waals surface area (Å²) in [4.78, 5) is 28.4. The average Bonchev–Trinajstić information content (AvgIpc) is 3.27. The third-order valence-corrected chi connectivity index (χ3v) is 6.08. The quantitative estimate of drug-likeness (QED) is 0.218. The molecule has 0 bridgehead atoms. The van der Waals surface area contributed by atoms with E-state index in [4.69, 9.17) is 20.9 Å². The van der Waals surface area contributed by atoms with Gasteiger partial charge in [0.05, 0.1) is 5.92 Å². The van der Waals surface area contributed by atoms with E-state index in [1.165, 1.54) is 6.20 Å². The minimum atomic E-state index is -1.03. The fraction of sp³-hybridized carbons (Fsp3) is 0.185. The van der Waals surface area contributed by atoms with Crippen LogP contribution in [0.1, 0.15) is 24.2 Å². The van der Waals surface area contributed by atoms with Gasteiger partial charge in [-0.2, -0.15) is 4.39 Å². The molecule has 0 aliphatic carbocycles. The number of nitrogens with zero attached hydrogens (tertiary/aromatic N) is 2. The van der Waals surface area contributed by atoms with Crippen LogP contribution in [0.25, 0.3) is 11.3 Å². The Morgan fingerprint density at radius 3 is 2.53 bits per heavy atom. The predicted molar refractivity (Wildman–Crippen MR) is 139 cm³/mol. The summed E-state index contributed by atoms with van der Waals surface area (Å²) in [6, 6.07) is 19.4. The van der Waals surface area contributed by atoms with Crippen LogP contribution < -0.4 is 10.6 Å². The lowest BCUT2D eigenvalue weighted by atomic mass is 9.99. The molecule has 0 radical (unpaired) electrons. The number of aliphatic carboxylic acids is 1. The molecule has 0 fully saturated rings. The molecule has 0 aliphatic rings. The Hall–Kier alpha value is -4.44. The fourth-order valence-electron chi connectivity index (χ4n) is 3.74. The minimum Gasteiger partial charge on any atom is -0.481 e. The highest BCUT2D eigenvalue weighted by molar-refractivity contribution is 6.31. The largest absolute Gasteiger partial charge is 0.481 e. The maximum atomic E-state index is 14.3. The normalized spacial score (nSPS) is 12.4. The average molecular weight is 539 g/mol. The molecular weight excluding hydrogens is 515 g/mol. The van der Waals surface area contributed by atoms with Crippen LogP contribution in [0, 0.1) is 11.9 Å². The number of carboxylic acids is 1. The Balaban J connectivity index is 1.40. The summed E-state index contributed by atoms with van der Waals surface area (Å²) >= 11 is 6.14. The number of carboxylic acid groups (broad SMARTS) is 1. The predicted octanol–water partition coefficient (Wildman–Crippen LogP) is 6.19. The summed E-state index contributed by atoms with van der Waals surface area (Å²) in [5.41, 5.74) is 1.53. The summed E-state index contributed by atoms with van der Waals surface area (Å²) in [7, 11) is 0. The number of aromatic nitrogens is 2. The number of rotatable bonds is 10. The van der Waals surface area contributed by atoms with Gasteiger partial charge in [0.1, 0.15) is 17.6 Å². The molecule has 4 rings (SSSR count). The molecule has 2 heterocycles. The van der Waals surface area contributed by atoms with Crippen LogP contribution in [0.15, 0.2) is 77.4 Å². The number of carbonyl (C=O) groups excluding carboxylic acids is 1. The van der Waals surface area contributed by atoms with Gasteiger partial charge in [0.25, 0.3) is 5.95 Å². The maximum Gasteiger partial charge on any atom is 0.412 e. The molecule has 2 unspecified atom stereocenters. The number of nitrogens with one attached hydrogen (secondary N) is 2. The first-order chi connectivity index (χ1) is 18.3. The Kier molecular flexibility index (Phi) is 8.55. The molecule has 38 heavy (non-hydrogen) atoms. The smallest absolute Gasteiger partial charge is 0.412 e. The summed E-state index contributed by atoms with van der Waals surface area (Å²) < 4.78 is 24.7. The number of amides is 1. The van der Waals surface area contributed by atoms with Crippen molar-refractivity contribution in [3.8, 4) is 11.3 Å². The van der Waals surface area contributed by atoms with Crippen LogP contribution in [0.2, 0.25) is 5.02 Å². The number of anilines is 2. The van der Waals surface area contributed by atoms with Crippen molar-refractivity contribution < 1.29 is 28.3 Å². The van der Waals surface area contributed by atoms with Crippen molar-refractivity contribution in [2.24, 2.45) is 5.92 Å². The zero-order valence-electron chi connectivity index (χ0n) is 20.2. The third kappa shape index (κ3) is 6.65. The van der Waals surface area contributed by atoms with Crippen molar-refractivity contribution >= 4 is 35.2 Å². The molecule has 1 amide bonds. The van der Waals surface area contributed by atoms with Crippen LogP contribution in [0.4, 0.5) is 20.7 Å². The van der Waals surface area contributed by atoms with E-state index < -0.39 is 30.0 Å². The lowest BCUT2D eigenvalue weighted by Crippen LogP contribution is -2.25. The van der Waals surface area contributed by atoms with Gasteiger partial charge >= 0.3 is 12.1 Å². The number of carbonyl (C=O) groups is 2. The minimum absolute atomic E-state index is 0.0589. The molecule has 9 nitrogen and oxygen atoms in total. The van der Waals surface area contributed by atoms with Gasteiger partial charge in [-0.25, -0.2) is 9.78 Å². The highest BCUT2D eigenvalue weighted by Crippen LogP contribution is 2.31. The second-order valence-electron chi connectivity index (χ2n) is 8.41. The molecule has 0 aliphatic heterocycles. The van der Waals surface area contributed by atoms with Gasteiger partial charge in [0.15, 0.2) is 5.76 Å². The third-order valence-electron chi connectivity index (χ3n) is 5.73. The van der Waals surface area contributed by atoms with Crippen molar-refractivity contribution in [1.82, 2.24) is 10.1 Å². The standard InChI is InChI=1S/C27H24ClFN4O5/c1-16(20-9-5-6-10-21(20)28)37-27(36)32-23-24(38-33-25(23)29)18-11-12-22(30-14-18)31-15-19(26(34)35)13-17-7-3-2-4-8-17/h2-12,14,16,19H,13,15H2,1H3,(H,30,31)(H,32,36)(H,34,35). The number of ether oxygens (including phenoxy) is 1. The zero-order valence-corrected chi connectivity index (χ0v) is 21.0. The first kappa shape index (κ1) is 26.6. The molecule has 0 spiro atoms. The molecule has 0 saturated carbocycles. The van der Waals surface area contributed by atoms with Crippen LogP contribution in [-0.4, -0.2) is 33.9 Å². The van der Waals surface area contributed by atoms with Crippen molar-refractivity contribution in [3.63, 3.8) is 0 Å². The Labute approximate surface area is 222 Å². The van der Waals surface area contributed by atoms with E-state index in [1.54, 1.807) is 43.3 Å². The lowest BCUT2D eigenvalue weighted by molar-refractivity contribution is -0.141. The summed E-state index contributed by atoms with van der Waals surface area (Å²) in [6.45, 7) is 1.78. The van der Waals surface area contributed by atoms with Gasteiger partial charge < -0.3 is 19.7 Å². The number of hydrogen-bond donors (Lipinski definition) is 3. The first-order valence-corrected chi connectivity index (χ1v) is 12.0. The molecular formula is C27H24ClFN4O5. The van der Waals surface area contributed by atoms with Gasteiger partial charge in [-0.05, 0) is 42.3 Å². The highest BCUT2D eigenvalue weighted by Gasteiger charge is 2.23. The highest BCUT2D eigenvalue weighted by atomic mass is 35.5. The van der Waals surface area contributed by atoms with Crippen molar-refractivity contribution in [2.75, 3.05) is 17.2 Å². The molecule has 4 aromatic rings. The second kappa shape index (κ2) is 12.2. The zero-order chi connectivity index (χ0) is 27.1. The number of benzene rings is 2. The summed E-state index contributed by atoms with van der Waals surface area (Å²) in [6.07, 6.45) is 0.125. The van der Waals surface area contributed by atoms with Crippen LogP contribution in [0.3, 0.4) is 0 Å². The summed E-state index contributed by atoms with van der Waals surface area (Å²) in [5.74, 6) is -2.28. The number of halogens is 2. The fourth-order valence-corrected chi connectivity index (χ4v) is 4.03. The number of hydrogen-bond acceptors (Lipinski definition) is 7. The van der Waals surface area contributed by atoms with E-state index >= 15 is 0 Å². The molecule has 2 aromatic carbocycles. The molecule has 0 saturated heterocycles.